The average Bonchev–Trinajstić information content (AvgIpc) is 3.50. The van der Waals surface area contributed by atoms with E-state index >= 15 is 0 Å². The zero-order valence-corrected chi connectivity index (χ0v) is 26.4. The number of halogens is 1. The predicted octanol–water partition coefficient (Wildman–Crippen LogP) is 4.96. The van der Waals surface area contributed by atoms with E-state index in [-0.39, 0.29) is 46.4 Å². The highest BCUT2D eigenvalue weighted by atomic mass is 79.9. The van der Waals surface area contributed by atoms with Crippen molar-refractivity contribution in [1.82, 2.24) is 9.80 Å². The van der Waals surface area contributed by atoms with E-state index in [1.54, 1.807) is 22.7 Å². The third-order valence-electron chi connectivity index (χ3n) is 8.97. The summed E-state index contributed by atoms with van der Waals surface area (Å²) < 4.78 is 4.97. The van der Waals surface area contributed by atoms with Crippen molar-refractivity contribution < 1.29 is 24.2 Å². The molecule has 9 heteroatoms. The summed E-state index contributed by atoms with van der Waals surface area (Å²) in [5.74, 6) is -1.95. The van der Waals surface area contributed by atoms with Crippen LogP contribution >= 0.6 is 27.7 Å². The zero-order valence-electron chi connectivity index (χ0n) is 24.0. The third-order valence-corrected chi connectivity index (χ3v) is 12.2. The first-order chi connectivity index (χ1) is 18.6. The number of carbonyl (C=O) groups is 3. The number of aliphatic hydroxyl groups excluding tert-OH is 1. The molecule has 1 spiro atoms. The van der Waals surface area contributed by atoms with Gasteiger partial charge >= 0.3 is 5.97 Å². The Kier molecular flexibility index (Phi) is 11.6. The number of hydrogen-bond donors (Lipinski definition) is 1. The quantitative estimate of drug-likeness (QED) is 0.113. The summed E-state index contributed by atoms with van der Waals surface area (Å²) in [6.45, 7) is 16.3. The first kappa shape index (κ1) is 32.2. The smallest absolute Gasteiger partial charge is 0.310 e. The van der Waals surface area contributed by atoms with Crippen molar-refractivity contribution in [3.8, 4) is 0 Å². The van der Waals surface area contributed by atoms with Gasteiger partial charge in [0.25, 0.3) is 0 Å². The van der Waals surface area contributed by atoms with Gasteiger partial charge in [-0.1, -0.05) is 61.7 Å². The lowest BCUT2D eigenvalue weighted by Crippen LogP contribution is -2.60. The second kappa shape index (κ2) is 14.0. The minimum absolute atomic E-state index is 0.0115. The minimum atomic E-state index is -0.763. The molecule has 4 unspecified atom stereocenters. The molecule has 0 aromatic heterocycles. The van der Waals surface area contributed by atoms with Crippen molar-refractivity contribution >= 4 is 45.5 Å². The Morgan fingerprint density at radius 2 is 2.00 bits per heavy atom. The number of alkyl halides is 1. The van der Waals surface area contributed by atoms with Crippen LogP contribution in [0.4, 0.5) is 0 Å². The van der Waals surface area contributed by atoms with Gasteiger partial charge in [0.15, 0.2) is 0 Å². The number of esters is 1. The lowest BCUT2D eigenvalue weighted by atomic mass is 9.71. The van der Waals surface area contributed by atoms with E-state index in [9.17, 15) is 19.5 Å². The molecule has 2 amide bonds. The van der Waals surface area contributed by atoms with E-state index in [0.29, 0.717) is 19.6 Å². The number of fused-ring (bicyclic) bond motifs is 1. The second-order valence-electron chi connectivity index (χ2n) is 11.4. The van der Waals surface area contributed by atoms with Gasteiger partial charge in [-0.2, -0.15) is 0 Å². The Labute approximate surface area is 247 Å². The summed E-state index contributed by atoms with van der Waals surface area (Å²) in [7, 11) is 0. The van der Waals surface area contributed by atoms with Gasteiger partial charge in [-0.3, -0.25) is 14.4 Å². The lowest BCUT2D eigenvalue weighted by molar-refractivity contribution is -0.155. The number of likely N-dealkylation sites (tertiary alicyclic amines) is 1. The van der Waals surface area contributed by atoms with Crippen LogP contribution < -0.4 is 0 Å². The van der Waals surface area contributed by atoms with Gasteiger partial charge in [-0.25, -0.2) is 0 Å². The van der Waals surface area contributed by atoms with Crippen LogP contribution in [0.2, 0.25) is 0 Å². The summed E-state index contributed by atoms with van der Waals surface area (Å²) >= 11 is 5.43. The number of aliphatic hydroxyl groups is 1. The molecule has 0 aromatic carbocycles. The average molecular weight is 628 g/mol. The first-order valence-electron chi connectivity index (χ1n) is 14.6. The Morgan fingerprint density at radius 1 is 1.28 bits per heavy atom. The van der Waals surface area contributed by atoms with E-state index in [2.05, 4.69) is 36.0 Å². The summed E-state index contributed by atoms with van der Waals surface area (Å²) in [5.41, 5.74) is 0. The molecule has 0 saturated carbocycles. The van der Waals surface area contributed by atoms with Crippen molar-refractivity contribution in [1.29, 1.82) is 0 Å². The van der Waals surface area contributed by atoms with E-state index in [1.165, 1.54) is 0 Å². The summed E-state index contributed by atoms with van der Waals surface area (Å²) in [6, 6.07) is -1.29. The molecule has 9 atom stereocenters. The van der Waals surface area contributed by atoms with Crippen LogP contribution in [-0.2, 0) is 19.1 Å². The molecule has 2 bridgehead atoms. The molecule has 3 rings (SSSR count). The van der Waals surface area contributed by atoms with Gasteiger partial charge in [0.05, 0.1) is 35.8 Å². The number of carbonyl (C=O) groups excluding carboxylic acids is 3. The van der Waals surface area contributed by atoms with E-state index < -0.39 is 28.7 Å². The minimum Gasteiger partial charge on any atom is -0.465 e. The molecule has 3 aliphatic heterocycles. The molecular formula is C30H47BrN2O5S. The normalized spacial score (nSPS) is 31.5. The first-order valence-corrected chi connectivity index (χ1v) is 16.4. The molecule has 39 heavy (non-hydrogen) atoms. The molecule has 220 valence electrons. The van der Waals surface area contributed by atoms with Gasteiger partial charge in [-0.15, -0.1) is 24.9 Å². The molecule has 3 fully saturated rings. The highest BCUT2D eigenvalue weighted by Crippen LogP contribution is 2.68. The van der Waals surface area contributed by atoms with Crippen molar-refractivity contribution in [2.45, 2.75) is 106 Å². The fourth-order valence-electron chi connectivity index (χ4n) is 6.80. The molecule has 7 nitrogen and oxygen atoms in total. The van der Waals surface area contributed by atoms with Crippen LogP contribution in [0.5, 0.6) is 0 Å². The standard InChI is InChI=1S/C30H47BrN2O5S/c1-7-11-12-13-16-38-29(37)23-24-27(35)33(22(18-34)19(5)10-4)26(30(24)17-21(31)25(23)39-30)28(36)32(15-9-3)20(6)14-8-2/h7,9,19-26,34H,1,3,8,10-18H2,2,4-6H3/t19-,20?,21?,22-,23-,24-,25-,26?,30?/m0/s1. The van der Waals surface area contributed by atoms with Crippen molar-refractivity contribution in [2.24, 2.45) is 17.8 Å². The SMILES string of the molecule is C=CCCCCOC(=O)[C@H]1[C@H]2C(=O)N([C@@H](CO)[C@@H](C)CC)C(C(=O)N(CC=C)C(C)CCC)C23CC(Br)[C@@H]1S3. The number of amides is 2. The summed E-state index contributed by atoms with van der Waals surface area (Å²) in [4.78, 5) is 46.0. The van der Waals surface area contributed by atoms with E-state index in [1.807, 2.05) is 31.7 Å². The predicted molar refractivity (Wildman–Crippen MR) is 161 cm³/mol. The monoisotopic (exact) mass is 626 g/mol. The van der Waals surface area contributed by atoms with Crippen molar-refractivity contribution in [3.63, 3.8) is 0 Å². The molecule has 0 radical (unpaired) electrons. The number of rotatable bonds is 16. The van der Waals surface area contributed by atoms with Gasteiger partial charge in [0, 0.05) is 22.7 Å². The third kappa shape index (κ3) is 6.01. The Hall–Kier alpha value is -1.32. The Morgan fingerprint density at radius 3 is 2.59 bits per heavy atom. The maximum Gasteiger partial charge on any atom is 0.310 e. The highest BCUT2D eigenvalue weighted by molar-refractivity contribution is 9.09. The number of ether oxygens (including phenoxy) is 1. The van der Waals surface area contributed by atoms with E-state index in [0.717, 1.165) is 38.5 Å². The van der Waals surface area contributed by atoms with Crippen LogP contribution in [-0.4, -0.2) is 85.4 Å². The molecule has 1 N–H and O–H groups in total. The topological polar surface area (TPSA) is 87.1 Å². The molecule has 0 aromatic rings. The summed E-state index contributed by atoms with van der Waals surface area (Å²) in [5, 5.41) is 10.4. The van der Waals surface area contributed by atoms with Crippen molar-refractivity contribution in [3.05, 3.63) is 25.3 Å². The number of hydrogen-bond acceptors (Lipinski definition) is 6. The summed E-state index contributed by atoms with van der Waals surface area (Å²) in [6.07, 6.45) is 9.20. The number of nitrogens with zero attached hydrogens (tertiary/aromatic N) is 2. The van der Waals surface area contributed by atoms with Gasteiger partial charge in [0.2, 0.25) is 11.8 Å². The van der Waals surface area contributed by atoms with Crippen molar-refractivity contribution in [2.75, 3.05) is 19.8 Å². The second-order valence-corrected chi connectivity index (χ2v) is 14.1. The largest absolute Gasteiger partial charge is 0.465 e. The van der Waals surface area contributed by atoms with Gasteiger partial charge in [0.1, 0.15) is 6.04 Å². The lowest BCUT2D eigenvalue weighted by Gasteiger charge is -2.42. The van der Waals surface area contributed by atoms with Crippen LogP contribution in [0.15, 0.2) is 25.3 Å². The van der Waals surface area contributed by atoms with Crippen LogP contribution in [0.1, 0.15) is 72.6 Å². The maximum atomic E-state index is 14.6. The highest BCUT2D eigenvalue weighted by Gasteiger charge is 2.77. The molecule has 3 aliphatic rings. The fourth-order valence-corrected chi connectivity index (χ4v) is 10.4. The Balaban J connectivity index is 2.04. The van der Waals surface area contributed by atoms with E-state index in [4.69, 9.17) is 4.74 Å². The molecular weight excluding hydrogens is 580 g/mol. The van der Waals surface area contributed by atoms with Crippen LogP contribution in [0.25, 0.3) is 0 Å². The zero-order chi connectivity index (χ0) is 28.9. The maximum absolute atomic E-state index is 14.6. The van der Waals surface area contributed by atoms with Gasteiger partial charge < -0.3 is 19.6 Å². The van der Waals surface area contributed by atoms with Crippen LogP contribution in [0.3, 0.4) is 0 Å². The molecule has 3 heterocycles. The van der Waals surface area contributed by atoms with Crippen LogP contribution in [0, 0.1) is 17.8 Å². The van der Waals surface area contributed by atoms with Gasteiger partial charge in [-0.05, 0) is 44.9 Å². The molecule has 3 saturated heterocycles. The number of allylic oxidation sites excluding steroid dienone is 1. The fraction of sp³-hybridized carbons (Fsp3) is 0.767. The molecule has 0 aliphatic carbocycles. The number of thioether (sulfide) groups is 1. The number of unbranched alkanes of at least 4 members (excludes halogenated alkanes) is 2. The Bertz CT molecular complexity index is 918.